The molecule has 5 heteroatoms. The molecule has 0 aromatic heterocycles. The molecule has 0 amide bonds. The zero-order valence-electron chi connectivity index (χ0n) is 18.3. The average Bonchev–Trinajstić information content (AvgIpc) is 2.60. The third-order valence-electron chi connectivity index (χ3n) is 4.94. The Hall–Kier alpha value is -0.180. The van der Waals surface area contributed by atoms with Crippen LogP contribution < -0.4 is 0 Å². The first-order valence-corrected chi connectivity index (χ1v) is 12.1. The Bertz CT molecular complexity index is 404. The van der Waals surface area contributed by atoms with Gasteiger partial charge in [0, 0.05) is 5.41 Å². The molecular formula is C21H43O4P. The van der Waals surface area contributed by atoms with Crippen LogP contribution in [0.15, 0.2) is 0 Å². The van der Waals surface area contributed by atoms with Gasteiger partial charge in [-0.25, -0.2) is 0 Å². The van der Waals surface area contributed by atoms with E-state index in [2.05, 4.69) is 27.7 Å². The van der Waals surface area contributed by atoms with E-state index < -0.39 is 18.5 Å². The minimum absolute atomic E-state index is 0.321. The average molecular weight is 391 g/mol. The predicted octanol–water partition coefficient (Wildman–Crippen LogP) is 7.22. The Balaban J connectivity index is 5.07. The number of hydrogen-bond acceptors (Lipinski definition) is 4. The van der Waals surface area contributed by atoms with Crippen molar-refractivity contribution in [2.45, 2.75) is 99.8 Å². The second-order valence-electron chi connectivity index (χ2n) is 8.48. The summed E-state index contributed by atoms with van der Waals surface area (Å²) in [4.78, 5) is 12.8. The second kappa shape index (κ2) is 13.1. The van der Waals surface area contributed by atoms with Gasteiger partial charge in [-0.15, -0.1) is 0 Å². The van der Waals surface area contributed by atoms with Crippen molar-refractivity contribution >= 4 is 13.1 Å². The lowest BCUT2D eigenvalue weighted by Gasteiger charge is -2.27. The number of carbonyl (C=O) groups is 1. The van der Waals surface area contributed by atoms with Crippen molar-refractivity contribution in [3.63, 3.8) is 0 Å². The maximum absolute atomic E-state index is 13.4. The lowest BCUT2D eigenvalue weighted by molar-refractivity contribution is -0.120. The molecule has 0 bridgehead atoms. The van der Waals surface area contributed by atoms with Crippen LogP contribution in [0.2, 0.25) is 0 Å². The second-order valence-corrected chi connectivity index (χ2v) is 10.4. The van der Waals surface area contributed by atoms with Crippen LogP contribution in [0.1, 0.15) is 99.8 Å². The molecule has 0 aromatic carbocycles. The van der Waals surface area contributed by atoms with Crippen LogP contribution in [0, 0.1) is 17.3 Å². The Morgan fingerprint density at radius 3 is 1.50 bits per heavy atom. The molecule has 0 N–H and O–H groups in total. The van der Waals surface area contributed by atoms with Crippen LogP contribution in [0.5, 0.6) is 0 Å². The van der Waals surface area contributed by atoms with Gasteiger partial charge in [0.25, 0.3) is 0 Å². The fraction of sp³-hybridized carbons (Fsp3) is 0.952. The quantitative estimate of drug-likeness (QED) is 0.277. The maximum atomic E-state index is 13.4. The highest BCUT2D eigenvalue weighted by atomic mass is 31.2. The molecule has 2 atom stereocenters. The van der Waals surface area contributed by atoms with Gasteiger partial charge in [0.15, 0.2) is 0 Å². The summed E-state index contributed by atoms with van der Waals surface area (Å²) in [5.74, 6) is 0.642. The minimum atomic E-state index is -3.77. The van der Waals surface area contributed by atoms with Crippen molar-refractivity contribution < 1.29 is 18.4 Å². The van der Waals surface area contributed by atoms with Crippen molar-refractivity contribution in [1.82, 2.24) is 0 Å². The molecule has 0 heterocycles. The Labute approximate surface area is 162 Å². The standard InChI is InChI=1S/C21H43O4P/c1-8-12-14-18(10-3)16-24-26(23,20(22)21(5,6)7)25-17-19(11-4)15-13-9-2/h18-19H,8-17H2,1-7H3. The van der Waals surface area contributed by atoms with Crippen molar-refractivity contribution in [3.05, 3.63) is 0 Å². The number of rotatable bonds is 15. The molecule has 0 saturated carbocycles. The molecule has 0 fully saturated rings. The summed E-state index contributed by atoms with van der Waals surface area (Å²) in [6.45, 7) is 14.5. The molecule has 0 spiro atoms. The minimum Gasteiger partial charge on any atom is -0.303 e. The molecule has 2 unspecified atom stereocenters. The Morgan fingerprint density at radius 1 is 0.846 bits per heavy atom. The lowest BCUT2D eigenvalue weighted by Crippen LogP contribution is -2.24. The Morgan fingerprint density at radius 2 is 1.23 bits per heavy atom. The van der Waals surface area contributed by atoms with E-state index in [1.54, 1.807) is 20.8 Å². The first kappa shape index (κ1) is 25.8. The molecular weight excluding hydrogens is 347 g/mol. The van der Waals surface area contributed by atoms with Gasteiger partial charge in [-0.05, 0) is 24.7 Å². The summed E-state index contributed by atoms with van der Waals surface area (Å²) in [7, 11) is -3.77. The van der Waals surface area contributed by atoms with Gasteiger partial charge in [-0.2, -0.15) is 0 Å². The number of unbranched alkanes of at least 4 members (excludes halogenated alkanes) is 2. The molecule has 156 valence electrons. The third-order valence-corrected chi connectivity index (χ3v) is 7.08. The van der Waals surface area contributed by atoms with E-state index in [9.17, 15) is 9.36 Å². The molecule has 4 nitrogen and oxygen atoms in total. The summed E-state index contributed by atoms with van der Waals surface area (Å²) in [5, 5.41) is 0. The molecule has 0 aromatic rings. The molecule has 0 radical (unpaired) electrons. The number of carbonyl (C=O) groups excluding carboxylic acids is 1. The van der Waals surface area contributed by atoms with Gasteiger partial charge in [0.05, 0.1) is 13.2 Å². The molecule has 0 saturated heterocycles. The summed E-state index contributed by atoms with van der Waals surface area (Å²) in [6, 6.07) is 0. The largest absolute Gasteiger partial charge is 0.397 e. The van der Waals surface area contributed by atoms with E-state index in [0.29, 0.717) is 25.0 Å². The fourth-order valence-corrected chi connectivity index (χ4v) is 4.71. The van der Waals surface area contributed by atoms with E-state index in [-0.39, 0.29) is 0 Å². The lowest BCUT2D eigenvalue weighted by atomic mass is 9.99. The van der Waals surface area contributed by atoms with Crippen molar-refractivity contribution in [1.29, 1.82) is 0 Å². The molecule has 0 aliphatic heterocycles. The highest BCUT2D eigenvalue weighted by Gasteiger charge is 2.43. The van der Waals surface area contributed by atoms with Crippen LogP contribution in [0.3, 0.4) is 0 Å². The van der Waals surface area contributed by atoms with Crippen molar-refractivity contribution in [3.8, 4) is 0 Å². The van der Waals surface area contributed by atoms with E-state index >= 15 is 0 Å². The van der Waals surface area contributed by atoms with Gasteiger partial charge in [0.1, 0.15) is 0 Å². The van der Waals surface area contributed by atoms with E-state index in [4.69, 9.17) is 9.05 Å². The predicted molar refractivity (Wildman–Crippen MR) is 111 cm³/mol. The van der Waals surface area contributed by atoms with Gasteiger partial charge in [0.2, 0.25) is 5.52 Å². The molecule has 0 rings (SSSR count). The molecule has 0 aliphatic rings. The third kappa shape index (κ3) is 9.67. The first-order valence-electron chi connectivity index (χ1n) is 10.6. The van der Waals surface area contributed by atoms with Gasteiger partial charge in [-0.1, -0.05) is 87.0 Å². The van der Waals surface area contributed by atoms with E-state index in [1.165, 1.54) is 0 Å². The van der Waals surface area contributed by atoms with Crippen molar-refractivity contribution in [2.75, 3.05) is 13.2 Å². The van der Waals surface area contributed by atoms with Gasteiger partial charge >= 0.3 is 7.60 Å². The Kier molecular flexibility index (Phi) is 13.0. The van der Waals surface area contributed by atoms with Crippen molar-refractivity contribution in [2.24, 2.45) is 17.3 Å². The zero-order valence-corrected chi connectivity index (χ0v) is 19.2. The number of hydrogen-bond donors (Lipinski definition) is 0. The fourth-order valence-electron chi connectivity index (χ4n) is 2.77. The summed E-state index contributed by atoms with van der Waals surface area (Å²) >= 11 is 0. The highest BCUT2D eigenvalue weighted by Crippen LogP contribution is 2.54. The normalized spacial score (nSPS) is 16.9. The monoisotopic (exact) mass is 390 g/mol. The first-order chi connectivity index (χ1) is 12.1. The SMILES string of the molecule is CCCCC(CC)COP(=O)(OCC(CC)CCCC)C(=O)C(C)(C)C. The topological polar surface area (TPSA) is 52.6 Å². The van der Waals surface area contributed by atoms with Crippen LogP contribution in [-0.2, 0) is 18.4 Å². The summed E-state index contributed by atoms with van der Waals surface area (Å²) < 4.78 is 24.9. The molecule has 0 aliphatic carbocycles. The van der Waals surface area contributed by atoms with Crippen LogP contribution in [-0.4, -0.2) is 18.7 Å². The molecule has 26 heavy (non-hydrogen) atoms. The van der Waals surface area contributed by atoms with Gasteiger partial charge in [-0.3, -0.25) is 9.36 Å². The highest BCUT2D eigenvalue weighted by molar-refractivity contribution is 7.72. The zero-order chi connectivity index (χ0) is 20.2. The van der Waals surface area contributed by atoms with Crippen LogP contribution >= 0.6 is 7.60 Å². The summed E-state index contributed by atoms with van der Waals surface area (Å²) in [6.07, 6.45) is 8.47. The summed E-state index contributed by atoms with van der Waals surface area (Å²) in [5.41, 5.74) is -1.15. The van der Waals surface area contributed by atoms with E-state index in [0.717, 1.165) is 51.4 Å². The van der Waals surface area contributed by atoms with E-state index in [1.807, 2.05) is 0 Å². The van der Waals surface area contributed by atoms with Crippen LogP contribution in [0.4, 0.5) is 0 Å². The van der Waals surface area contributed by atoms with Gasteiger partial charge < -0.3 is 9.05 Å². The smallest absolute Gasteiger partial charge is 0.303 e. The maximum Gasteiger partial charge on any atom is 0.397 e. The van der Waals surface area contributed by atoms with Crippen LogP contribution in [0.25, 0.3) is 0 Å².